The van der Waals surface area contributed by atoms with Gasteiger partial charge in [-0.2, -0.15) is 0 Å². The van der Waals surface area contributed by atoms with Crippen molar-refractivity contribution in [3.8, 4) is 0 Å². The first-order valence-corrected chi connectivity index (χ1v) is 21.1. The van der Waals surface area contributed by atoms with Crippen LogP contribution in [0.3, 0.4) is 0 Å². The summed E-state index contributed by atoms with van der Waals surface area (Å²) in [6.45, 7) is 1.97. The lowest BCUT2D eigenvalue weighted by Crippen LogP contribution is -2.59. The summed E-state index contributed by atoms with van der Waals surface area (Å²) in [7, 11) is 0. The zero-order chi connectivity index (χ0) is 44.8. The number of benzene rings is 2. The number of fused-ring (bicyclic) bond motifs is 2. The van der Waals surface area contributed by atoms with Crippen LogP contribution in [0.1, 0.15) is 69.4 Å². The highest BCUT2D eigenvalue weighted by atomic mass is 16.3. The molecule has 2 aromatic carbocycles. The minimum absolute atomic E-state index is 0.00647. The summed E-state index contributed by atoms with van der Waals surface area (Å²) >= 11 is 0. The van der Waals surface area contributed by atoms with E-state index in [1.54, 1.807) is 43.5 Å². The number of para-hydroxylation sites is 1. The number of aliphatic hydroxyl groups is 1. The number of nitrogens with one attached hydrogen (secondary N) is 8. The zero-order valence-corrected chi connectivity index (χ0v) is 34.9. The van der Waals surface area contributed by atoms with Gasteiger partial charge >= 0.3 is 0 Å². The van der Waals surface area contributed by atoms with Gasteiger partial charge in [-0.05, 0) is 55.7 Å². The summed E-state index contributed by atoms with van der Waals surface area (Å²) in [4.78, 5) is 100. The van der Waals surface area contributed by atoms with Crippen molar-refractivity contribution in [1.29, 1.82) is 5.41 Å². The first-order valence-electron chi connectivity index (χ1n) is 21.1. The highest BCUT2D eigenvalue weighted by Crippen LogP contribution is 2.23. The third-order valence-corrected chi connectivity index (χ3v) is 11.3. The van der Waals surface area contributed by atoms with Gasteiger partial charge in [0.05, 0.1) is 6.10 Å². The first-order chi connectivity index (χ1) is 29.7. The molecule has 0 bridgehead atoms. The van der Waals surface area contributed by atoms with Gasteiger partial charge in [0.1, 0.15) is 30.2 Å². The fraction of sp³-hybridized carbons (Fsp3) is 0.488. The Labute approximate surface area is 359 Å². The molecule has 2 aliphatic heterocycles. The molecule has 0 saturated carbocycles. The Balaban J connectivity index is 1.49. The van der Waals surface area contributed by atoms with E-state index in [4.69, 9.17) is 16.9 Å². The third kappa shape index (κ3) is 13.2. The highest BCUT2D eigenvalue weighted by Gasteiger charge is 2.42. The minimum atomic E-state index is -1.27. The van der Waals surface area contributed by atoms with Crippen LogP contribution < -0.4 is 43.4 Å². The number of rotatable bonds is 9. The van der Waals surface area contributed by atoms with Gasteiger partial charge in [-0.3, -0.25) is 39.0 Å². The number of hydrogen-bond acceptors (Lipinski definition) is 9. The molecular weight excluding hydrogens is 799 g/mol. The van der Waals surface area contributed by atoms with Crippen molar-refractivity contribution in [3.05, 3.63) is 71.9 Å². The van der Waals surface area contributed by atoms with E-state index in [1.807, 2.05) is 24.3 Å². The number of aromatic amines is 1. The van der Waals surface area contributed by atoms with Crippen molar-refractivity contribution < 1.29 is 38.7 Å². The van der Waals surface area contributed by atoms with Crippen molar-refractivity contribution in [2.45, 2.75) is 107 Å². The predicted molar refractivity (Wildman–Crippen MR) is 230 cm³/mol. The van der Waals surface area contributed by atoms with Gasteiger partial charge in [0.25, 0.3) is 0 Å². The zero-order valence-electron chi connectivity index (χ0n) is 34.9. The second kappa shape index (κ2) is 22.4. The molecule has 334 valence electrons. The van der Waals surface area contributed by atoms with Gasteiger partial charge in [0, 0.05) is 68.3 Å². The number of carbonyl (C=O) groups is 7. The van der Waals surface area contributed by atoms with Crippen molar-refractivity contribution in [3.63, 3.8) is 0 Å². The topological polar surface area (TPSA) is 307 Å². The van der Waals surface area contributed by atoms with Crippen LogP contribution in [0.25, 0.3) is 10.9 Å². The van der Waals surface area contributed by atoms with Gasteiger partial charge in [0.15, 0.2) is 5.96 Å². The first kappa shape index (κ1) is 46.6. The molecule has 13 N–H and O–H groups in total. The Morgan fingerprint density at radius 1 is 0.839 bits per heavy atom. The molecular formula is C43H59N11O8. The number of hydrogen-bond donors (Lipinski definition) is 11. The maximum atomic E-state index is 14.4. The molecule has 1 unspecified atom stereocenters. The molecule has 2 aliphatic rings. The summed E-state index contributed by atoms with van der Waals surface area (Å²) in [5, 5.41) is 35.6. The number of amides is 7. The third-order valence-electron chi connectivity index (χ3n) is 11.3. The number of nitrogens with zero attached hydrogens (tertiary/aromatic N) is 1. The van der Waals surface area contributed by atoms with Gasteiger partial charge in [-0.25, -0.2) is 0 Å². The molecule has 7 atom stereocenters. The Morgan fingerprint density at radius 3 is 2.24 bits per heavy atom. The van der Waals surface area contributed by atoms with Crippen LogP contribution in [0.4, 0.5) is 0 Å². The summed E-state index contributed by atoms with van der Waals surface area (Å²) < 4.78 is 0. The highest BCUT2D eigenvalue weighted by molar-refractivity contribution is 5.97. The molecule has 2 fully saturated rings. The molecule has 0 spiro atoms. The van der Waals surface area contributed by atoms with E-state index in [0.29, 0.717) is 24.0 Å². The van der Waals surface area contributed by atoms with Crippen LogP contribution in [-0.4, -0.2) is 118 Å². The molecule has 19 heteroatoms. The van der Waals surface area contributed by atoms with Gasteiger partial charge in [-0.15, -0.1) is 0 Å². The summed E-state index contributed by atoms with van der Waals surface area (Å²) in [5.41, 5.74) is 13.4. The Kier molecular flexibility index (Phi) is 16.8. The van der Waals surface area contributed by atoms with Gasteiger partial charge in [0.2, 0.25) is 41.4 Å². The normalized spacial score (nSPS) is 25.3. The van der Waals surface area contributed by atoms with Crippen LogP contribution in [0.5, 0.6) is 0 Å². The Morgan fingerprint density at radius 2 is 1.50 bits per heavy atom. The molecule has 1 aromatic heterocycles. The number of nitrogens with two attached hydrogens (primary N) is 2. The smallest absolute Gasteiger partial charge is 0.243 e. The quantitative estimate of drug-likeness (QED) is 0.0732. The molecule has 62 heavy (non-hydrogen) atoms. The van der Waals surface area contributed by atoms with Crippen LogP contribution in [0.2, 0.25) is 0 Å². The molecule has 2 saturated heterocycles. The summed E-state index contributed by atoms with van der Waals surface area (Å²) in [5.74, 6) is -5.33. The predicted octanol–water partition coefficient (Wildman–Crippen LogP) is -0.681. The lowest BCUT2D eigenvalue weighted by molar-refractivity contribution is -0.142. The molecule has 0 aliphatic carbocycles. The molecule has 7 amide bonds. The molecule has 19 nitrogen and oxygen atoms in total. The van der Waals surface area contributed by atoms with Crippen LogP contribution in [0.15, 0.2) is 60.8 Å². The van der Waals surface area contributed by atoms with Crippen LogP contribution >= 0.6 is 0 Å². The van der Waals surface area contributed by atoms with E-state index < -0.39 is 77.7 Å². The number of carbonyl (C=O) groups excluding carboxylic acids is 7. The lowest BCUT2D eigenvalue weighted by atomic mass is 10.0. The van der Waals surface area contributed by atoms with E-state index in [9.17, 15) is 38.7 Å². The average Bonchev–Trinajstić information content (AvgIpc) is 3.85. The van der Waals surface area contributed by atoms with E-state index in [-0.39, 0.29) is 82.9 Å². The number of primary amides is 1. The Bertz CT molecular complexity index is 2080. The lowest BCUT2D eigenvalue weighted by Gasteiger charge is -2.29. The van der Waals surface area contributed by atoms with Crippen LogP contribution in [0, 0.1) is 11.3 Å². The van der Waals surface area contributed by atoms with E-state index in [1.165, 1.54) is 4.90 Å². The second-order valence-corrected chi connectivity index (χ2v) is 16.1. The Hall–Kier alpha value is -6.50. The summed E-state index contributed by atoms with van der Waals surface area (Å²) in [6.07, 6.45) is 2.07. The monoisotopic (exact) mass is 857 g/mol. The molecule has 0 radical (unpaired) electrons. The number of aliphatic hydroxyl groups excluding tert-OH is 1. The number of H-pyrrole nitrogens is 1. The largest absolute Gasteiger partial charge is 0.391 e. The van der Waals surface area contributed by atoms with Crippen molar-refractivity contribution in [1.82, 2.24) is 41.8 Å². The SMILES string of the molecule is CC1CCC(=O)NCCCC[C@@H](C(N)=O)NC(=O)[C@H](Cc2c[nH]c3ccccc23)NC(=O)[C@H](CCCNC(=N)N)NC(=O)[C@@H](Cc2ccccc2)NC(=O)[C@@H]2C[C@@H](O)CN2C1=O. The second-order valence-electron chi connectivity index (χ2n) is 16.1. The maximum Gasteiger partial charge on any atom is 0.243 e. The van der Waals surface area contributed by atoms with Gasteiger partial charge in [-0.1, -0.05) is 55.5 Å². The van der Waals surface area contributed by atoms with Crippen LogP contribution in [-0.2, 0) is 46.4 Å². The van der Waals surface area contributed by atoms with Crippen molar-refractivity contribution >= 4 is 58.2 Å². The van der Waals surface area contributed by atoms with E-state index in [0.717, 1.165) is 10.9 Å². The van der Waals surface area contributed by atoms with E-state index in [2.05, 4.69) is 36.9 Å². The minimum Gasteiger partial charge on any atom is -0.391 e. The van der Waals surface area contributed by atoms with Gasteiger partial charge < -0.3 is 58.4 Å². The standard InChI is InChI=1S/C43H59N11O8/c1-25-16-17-36(56)47-18-8-7-14-31(37(44)57)50-40(60)34(21-27-23-49-30-13-6-5-12-29(27)30)52-38(58)32(15-9-19-48-43(45)46)51-39(59)33(20-26-10-3-2-4-11-26)53-41(61)35-22-28(55)24-54(35)42(25)62/h2-6,10-13,23,25,28,31-35,49,55H,7-9,14-22,24H2,1H3,(H2,44,57)(H,47,56)(H,50,60)(H,51,59)(H,52,58)(H,53,61)(H4,45,46,48)/t25?,28-,31+,32+,33-,34+,35+/m1/s1. The number of guanidine groups is 1. The molecule has 3 heterocycles. The van der Waals surface area contributed by atoms with E-state index >= 15 is 0 Å². The molecule has 3 aromatic rings. The average molecular weight is 858 g/mol. The fourth-order valence-corrected chi connectivity index (χ4v) is 7.81. The number of aromatic nitrogens is 1. The summed E-state index contributed by atoms with van der Waals surface area (Å²) in [6, 6.07) is 10.2. The van der Waals surface area contributed by atoms with Crippen molar-refractivity contribution in [2.24, 2.45) is 17.4 Å². The fourth-order valence-electron chi connectivity index (χ4n) is 7.81. The molecule has 5 rings (SSSR count). The maximum absolute atomic E-state index is 14.4. The van der Waals surface area contributed by atoms with Crippen molar-refractivity contribution in [2.75, 3.05) is 19.6 Å².